The molecule has 4 aliphatic carbocycles. The maximum Gasteiger partial charge on any atom is 0.229 e. The third-order valence-electron chi connectivity index (χ3n) is 11.9. The summed E-state index contributed by atoms with van der Waals surface area (Å²) in [6.07, 6.45) is 17.6. The van der Waals surface area contributed by atoms with E-state index in [9.17, 15) is 14.4 Å². The molecule has 0 unspecified atom stereocenters. The molecular formula is C56H93N5O3. The van der Waals surface area contributed by atoms with Crippen molar-refractivity contribution in [2.45, 2.75) is 204 Å². The smallest absolute Gasteiger partial charge is 0.229 e. The minimum atomic E-state index is -0.334. The van der Waals surface area contributed by atoms with Crippen LogP contribution >= 0.6 is 0 Å². The van der Waals surface area contributed by atoms with Gasteiger partial charge in [-0.2, -0.15) is 0 Å². The van der Waals surface area contributed by atoms with Gasteiger partial charge in [0.1, 0.15) is 5.82 Å². The molecule has 5 rings (SSSR count). The zero-order valence-electron chi connectivity index (χ0n) is 45.2. The Hall–Kier alpha value is -3.94. The molecule has 0 fully saturated rings. The minimum absolute atomic E-state index is 0.0742. The van der Waals surface area contributed by atoms with Crippen LogP contribution in [-0.4, -0.2) is 27.7 Å². The van der Waals surface area contributed by atoms with E-state index in [0.717, 1.165) is 54.5 Å². The SMILES string of the molecule is CC(C)(C)C(=O)NC1=CC(C(C)(C)C)=CC1.CC(C)(C)C(=O)NC1=CC=C(C(C)(C)C)C1.CC(C)(C)C(=O)NC1=CCC(C(C)(C)C)=C1.CC(C)(C)c1nc2c([nH]1)C[C@@H](C(C)(C)C)C2. The van der Waals surface area contributed by atoms with Gasteiger partial charge in [-0.25, -0.2) is 4.98 Å². The number of carbonyl (C=O) groups is 3. The largest absolute Gasteiger partial charge is 0.345 e. The highest BCUT2D eigenvalue weighted by molar-refractivity contribution is 5.84. The number of hydrogen-bond acceptors (Lipinski definition) is 4. The van der Waals surface area contributed by atoms with E-state index in [1.807, 2.05) is 68.4 Å². The fourth-order valence-electron chi connectivity index (χ4n) is 6.68. The molecule has 0 aliphatic heterocycles. The summed E-state index contributed by atoms with van der Waals surface area (Å²) in [5.74, 6) is 2.13. The molecule has 1 aromatic heterocycles. The maximum absolute atomic E-state index is 11.8. The van der Waals surface area contributed by atoms with Crippen molar-refractivity contribution in [2.75, 3.05) is 0 Å². The van der Waals surface area contributed by atoms with Crippen molar-refractivity contribution in [3.8, 4) is 0 Å². The molecule has 8 heteroatoms. The number of fused-ring (bicyclic) bond motifs is 1. The van der Waals surface area contributed by atoms with Crippen LogP contribution < -0.4 is 16.0 Å². The lowest BCUT2D eigenvalue weighted by Gasteiger charge is -2.26. The number of nitrogens with zero attached hydrogens (tertiary/aromatic N) is 1. The first-order chi connectivity index (χ1) is 28.5. The molecule has 3 amide bonds. The maximum atomic E-state index is 11.8. The number of aromatic amines is 1. The first-order valence-corrected chi connectivity index (χ1v) is 23.7. The number of H-pyrrole nitrogens is 1. The molecule has 4 N–H and O–H groups in total. The summed E-state index contributed by atoms with van der Waals surface area (Å²) in [4.78, 5) is 43.7. The topological polar surface area (TPSA) is 116 Å². The van der Waals surface area contributed by atoms with Crippen molar-refractivity contribution in [3.63, 3.8) is 0 Å². The van der Waals surface area contributed by atoms with Gasteiger partial charge in [0.2, 0.25) is 17.7 Å². The average molecular weight is 884 g/mol. The van der Waals surface area contributed by atoms with Gasteiger partial charge in [0.05, 0.1) is 5.69 Å². The molecular weight excluding hydrogens is 791 g/mol. The van der Waals surface area contributed by atoms with E-state index in [-0.39, 0.29) is 55.6 Å². The number of amides is 3. The number of hydrogen-bond donors (Lipinski definition) is 4. The van der Waals surface area contributed by atoms with E-state index < -0.39 is 0 Å². The third-order valence-corrected chi connectivity index (χ3v) is 11.9. The van der Waals surface area contributed by atoms with E-state index in [2.05, 4.69) is 155 Å². The second-order valence-electron chi connectivity index (χ2n) is 26.7. The average Bonchev–Trinajstić information content (AvgIpc) is 3.91. The van der Waals surface area contributed by atoms with E-state index in [4.69, 9.17) is 4.98 Å². The van der Waals surface area contributed by atoms with Gasteiger partial charge in [-0.3, -0.25) is 14.4 Å². The number of carbonyl (C=O) groups excluding carboxylic acids is 3. The van der Waals surface area contributed by atoms with Gasteiger partial charge in [-0.1, -0.05) is 196 Å². The van der Waals surface area contributed by atoms with Gasteiger partial charge in [-0.05, 0) is 70.6 Å². The lowest BCUT2D eigenvalue weighted by atomic mass is 9.79. The lowest BCUT2D eigenvalue weighted by Crippen LogP contribution is -2.34. The Morgan fingerprint density at radius 3 is 1.39 bits per heavy atom. The van der Waals surface area contributed by atoms with Gasteiger partial charge in [0.15, 0.2) is 0 Å². The van der Waals surface area contributed by atoms with Crippen molar-refractivity contribution in [3.05, 3.63) is 87.5 Å². The van der Waals surface area contributed by atoms with Crippen LogP contribution in [0.5, 0.6) is 0 Å². The molecule has 0 aromatic carbocycles. The van der Waals surface area contributed by atoms with Crippen molar-refractivity contribution in [2.24, 2.45) is 43.8 Å². The molecule has 4 aliphatic rings. The Kier molecular flexibility index (Phi) is 17.8. The van der Waals surface area contributed by atoms with Crippen LogP contribution in [0.25, 0.3) is 0 Å². The Morgan fingerprint density at radius 1 is 0.531 bits per heavy atom. The fraction of sp³-hybridized carbons (Fsp3) is 0.679. The highest BCUT2D eigenvalue weighted by Gasteiger charge is 2.35. The quantitative estimate of drug-likeness (QED) is 0.242. The zero-order valence-corrected chi connectivity index (χ0v) is 45.2. The molecule has 0 radical (unpaired) electrons. The van der Waals surface area contributed by atoms with Crippen molar-refractivity contribution in [1.82, 2.24) is 25.9 Å². The Labute approximate surface area is 391 Å². The second kappa shape index (κ2) is 20.3. The number of imidazole rings is 1. The van der Waals surface area contributed by atoms with E-state index in [0.29, 0.717) is 5.41 Å². The molecule has 360 valence electrons. The predicted molar refractivity (Wildman–Crippen MR) is 271 cm³/mol. The van der Waals surface area contributed by atoms with Crippen LogP contribution in [0, 0.1) is 43.8 Å². The Balaban J connectivity index is 0.000000293. The monoisotopic (exact) mass is 884 g/mol. The van der Waals surface area contributed by atoms with E-state index >= 15 is 0 Å². The summed E-state index contributed by atoms with van der Waals surface area (Å²) in [6.45, 7) is 50.7. The highest BCUT2D eigenvalue weighted by Crippen LogP contribution is 2.39. The van der Waals surface area contributed by atoms with E-state index in [1.165, 1.54) is 34.5 Å². The third kappa shape index (κ3) is 17.8. The van der Waals surface area contributed by atoms with Gasteiger partial charge in [0.25, 0.3) is 0 Å². The molecule has 0 bridgehead atoms. The summed E-state index contributed by atoms with van der Waals surface area (Å²) in [6, 6.07) is 0. The van der Waals surface area contributed by atoms with Gasteiger partial charge in [0, 0.05) is 57.3 Å². The highest BCUT2D eigenvalue weighted by atomic mass is 16.2. The molecule has 0 saturated carbocycles. The van der Waals surface area contributed by atoms with Gasteiger partial charge in [-0.15, -0.1) is 0 Å². The molecule has 8 nitrogen and oxygen atoms in total. The standard InChI is InChI=1S/C14H24N2.3C14H23NO/c1-13(2,3)9-7-10-11(8-9)16-12(15-10)14(4,5)6;3*1-13(2,3)10-7-8-11(9-10)15-12(16)14(4,5)6/h9H,7-8H2,1-6H3,(H,15,16);8-9H,7H2,1-6H3,(H,15,16);7,9H,8H2,1-6H3,(H,15,16);7-8H,9H2,1-6H3,(H,15,16). The molecule has 1 heterocycles. The van der Waals surface area contributed by atoms with Crippen molar-refractivity contribution >= 4 is 17.7 Å². The minimum Gasteiger partial charge on any atom is -0.345 e. The fourth-order valence-corrected chi connectivity index (χ4v) is 6.68. The van der Waals surface area contributed by atoms with Crippen LogP contribution in [0.2, 0.25) is 0 Å². The van der Waals surface area contributed by atoms with E-state index in [1.54, 1.807) is 0 Å². The van der Waals surface area contributed by atoms with Crippen LogP contribution in [0.1, 0.15) is 203 Å². The normalized spacial score (nSPS) is 17.1. The van der Waals surface area contributed by atoms with Gasteiger partial charge < -0.3 is 20.9 Å². The summed E-state index contributed by atoms with van der Waals surface area (Å²) in [5, 5.41) is 8.95. The van der Waals surface area contributed by atoms with Crippen LogP contribution in [0.4, 0.5) is 0 Å². The molecule has 64 heavy (non-hydrogen) atoms. The summed E-state index contributed by atoms with van der Waals surface area (Å²) in [7, 11) is 0. The first kappa shape index (κ1) is 56.2. The zero-order chi connectivity index (χ0) is 49.8. The number of allylic oxidation sites excluding steroid dienone is 9. The first-order valence-electron chi connectivity index (χ1n) is 23.7. The van der Waals surface area contributed by atoms with Crippen LogP contribution in [0.15, 0.2) is 70.3 Å². The second-order valence-corrected chi connectivity index (χ2v) is 26.7. The van der Waals surface area contributed by atoms with Crippen LogP contribution in [0.3, 0.4) is 0 Å². The summed E-state index contributed by atoms with van der Waals surface area (Å²) < 4.78 is 0. The van der Waals surface area contributed by atoms with Crippen LogP contribution in [-0.2, 0) is 32.6 Å². The van der Waals surface area contributed by atoms with Gasteiger partial charge >= 0.3 is 0 Å². The number of rotatable bonds is 3. The number of aromatic nitrogens is 2. The Morgan fingerprint density at radius 2 is 1.02 bits per heavy atom. The Bertz CT molecular complexity index is 2000. The molecule has 1 atom stereocenters. The van der Waals surface area contributed by atoms with Crippen molar-refractivity contribution in [1.29, 1.82) is 0 Å². The lowest BCUT2D eigenvalue weighted by molar-refractivity contribution is -0.128. The predicted octanol–water partition coefficient (Wildman–Crippen LogP) is 13.7. The number of nitrogens with one attached hydrogen (secondary N) is 4. The molecule has 0 spiro atoms. The molecule has 1 aromatic rings. The summed E-state index contributed by atoms with van der Waals surface area (Å²) in [5.41, 5.74) is 9.80. The summed E-state index contributed by atoms with van der Waals surface area (Å²) >= 11 is 0. The molecule has 0 saturated heterocycles. The van der Waals surface area contributed by atoms with Crippen molar-refractivity contribution < 1.29 is 14.4 Å².